The van der Waals surface area contributed by atoms with E-state index in [1.54, 1.807) is 6.92 Å². The van der Waals surface area contributed by atoms with Crippen LogP contribution in [0.3, 0.4) is 0 Å². The van der Waals surface area contributed by atoms with Crippen molar-refractivity contribution in [1.29, 1.82) is 5.26 Å². The van der Waals surface area contributed by atoms with Crippen LogP contribution < -0.4 is 5.73 Å². The second kappa shape index (κ2) is 6.95. The summed E-state index contributed by atoms with van der Waals surface area (Å²) in [5, 5.41) is 8.71. The molecule has 0 radical (unpaired) electrons. The lowest BCUT2D eigenvalue weighted by Gasteiger charge is -2.17. The lowest BCUT2D eigenvalue weighted by Crippen LogP contribution is -2.25. The van der Waals surface area contributed by atoms with Gasteiger partial charge in [-0.2, -0.15) is 5.26 Å². The summed E-state index contributed by atoms with van der Waals surface area (Å²) in [6, 6.07) is 1.89. The lowest BCUT2D eigenvalue weighted by atomic mass is 10.1. The molecular formula is C12H16N4O2S. The first-order valence-corrected chi connectivity index (χ1v) is 6.73. The van der Waals surface area contributed by atoms with Gasteiger partial charge in [0.1, 0.15) is 22.7 Å². The van der Waals surface area contributed by atoms with E-state index in [0.29, 0.717) is 11.8 Å². The summed E-state index contributed by atoms with van der Waals surface area (Å²) >= 11 is 1.19. The van der Waals surface area contributed by atoms with Crippen molar-refractivity contribution in [1.82, 2.24) is 9.97 Å². The fourth-order valence-electron chi connectivity index (χ4n) is 1.32. The van der Waals surface area contributed by atoms with Gasteiger partial charge in [-0.3, -0.25) is 4.79 Å². The Morgan fingerprint density at radius 3 is 2.79 bits per heavy atom. The zero-order valence-electron chi connectivity index (χ0n) is 11.1. The first-order valence-electron chi connectivity index (χ1n) is 5.85. The van der Waals surface area contributed by atoms with Crippen LogP contribution in [0.1, 0.15) is 26.3 Å². The highest BCUT2D eigenvalue weighted by molar-refractivity contribution is 8.00. The fourth-order valence-corrected chi connectivity index (χ4v) is 2.24. The number of nitrogens with zero attached hydrogens (tertiary/aromatic N) is 3. The summed E-state index contributed by atoms with van der Waals surface area (Å²) in [6.07, 6.45) is 1.35. The number of thioether (sulfide) groups is 1. The van der Waals surface area contributed by atoms with Crippen molar-refractivity contribution in [3.63, 3.8) is 0 Å². The van der Waals surface area contributed by atoms with E-state index in [-0.39, 0.29) is 23.3 Å². The van der Waals surface area contributed by atoms with Crippen LogP contribution in [0, 0.1) is 17.2 Å². The fraction of sp³-hybridized carbons (Fsp3) is 0.500. The van der Waals surface area contributed by atoms with Gasteiger partial charge in [-0.15, -0.1) is 0 Å². The van der Waals surface area contributed by atoms with Gasteiger partial charge in [0.2, 0.25) is 0 Å². The zero-order valence-corrected chi connectivity index (χ0v) is 11.9. The molecule has 1 aromatic heterocycles. The Kier molecular flexibility index (Phi) is 5.57. The molecule has 0 fully saturated rings. The Labute approximate surface area is 116 Å². The molecule has 0 saturated carbocycles. The molecular weight excluding hydrogens is 264 g/mol. The third kappa shape index (κ3) is 4.10. The van der Waals surface area contributed by atoms with Crippen LogP contribution in [0.5, 0.6) is 0 Å². The third-order valence-electron chi connectivity index (χ3n) is 2.27. The van der Waals surface area contributed by atoms with Crippen molar-refractivity contribution in [2.75, 3.05) is 12.3 Å². The molecule has 0 spiro atoms. The van der Waals surface area contributed by atoms with E-state index >= 15 is 0 Å². The van der Waals surface area contributed by atoms with E-state index in [0.717, 1.165) is 0 Å². The highest BCUT2D eigenvalue weighted by Crippen LogP contribution is 2.27. The Bertz CT molecular complexity index is 499. The number of carbonyl (C=O) groups excluding carboxylic acids is 1. The maximum atomic E-state index is 11.8. The maximum Gasteiger partial charge on any atom is 0.319 e. The van der Waals surface area contributed by atoms with Gasteiger partial charge >= 0.3 is 5.97 Å². The molecule has 7 heteroatoms. The van der Waals surface area contributed by atoms with Gasteiger partial charge in [0.15, 0.2) is 5.16 Å². The molecule has 0 aromatic carbocycles. The van der Waals surface area contributed by atoms with Crippen LogP contribution in [0.2, 0.25) is 0 Å². The first-order chi connectivity index (χ1) is 8.99. The van der Waals surface area contributed by atoms with E-state index in [4.69, 9.17) is 15.7 Å². The molecule has 102 valence electrons. The van der Waals surface area contributed by atoms with Gasteiger partial charge in [-0.25, -0.2) is 9.97 Å². The summed E-state index contributed by atoms with van der Waals surface area (Å²) in [5.74, 6) is -0.107. The van der Waals surface area contributed by atoms with Crippen molar-refractivity contribution in [3.8, 4) is 6.07 Å². The van der Waals surface area contributed by atoms with Crippen LogP contribution in [0.15, 0.2) is 11.4 Å². The van der Waals surface area contributed by atoms with Gasteiger partial charge in [0.25, 0.3) is 0 Å². The average molecular weight is 280 g/mol. The second-order valence-electron chi connectivity index (χ2n) is 4.10. The van der Waals surface area contributed by atoms with E-state index < -0.39 is 5.25 Å². The van der Waals surface area contributed by atoms with Crippen molar-refractivity contribution < 1.29 is 9.53 Å². The van der Waals surface area contributed by atoms with Crippen LogP contribution in [-0.2, 0) is 9.53 Å². The molecule has 0 aliphatic heterocycles. The molecule has 0 aliphatic carbocycles. The molecule has 0 bridgehead atoms. The second-order valence-corrected chi connectivity index (χ2v) is 5.21. The number of hydrogen-bond donors (Lipinski definition) is 1. The Balaban J connectivity index is 2.89. The molecule has 6 nitrogen and oxygen atoms in total. The highest BCUT2D eigenvalue weighted by atomic mass is 32.2. The van der Waals surface area contributed by atoms with Gasteiger partial charge in [0.05, 0.1) is 12.8 Å². The summed E-state index contributed by atoms with van der Waals surface area (Å²) in [7, 11) is 0. The SMILES string of the molecule is CCOC(=O)[C@H](Sc1ncc(C#N)c(N)n1)C(C)C. The molecule has 1 aromatic rings. The predicted molar refractivity (Wildman–Crippen MR) is 72.3 cm³/mol. The number of anilines is 1. The number of nitrogens with two attached hydrogens (primary N) is 1. The molecule has 0 amide bonds. The van der Waals surface area contributed by atoms with Gasteiger partial charge < -0.3 is 10.5 Å². The number of esters is 1. The number of aromatic nitrogens is 2. The molecule has 0 saturated heterocycles. The number of rotatable bonds is 5. The highest BCUT2D eigenvalue weighted by Gasteiger charge is 2.26. The van der Waals surface area contributed by atoms with E-state index in [1.165, 1.54) is 18.0 Å². The van der Waals surface area contributed by atoms with Gasteiger partial charge in [0, 0.05) is 0 Å². The van der Waals surface area contributed by atoms with E-state index in [2.05, 4.69) is 9.97 Å². The van der Waals surface area contributed by atoms with Crippen LogP contribution >= 0.6 is 11.8 Å². The predicted octanol–water partition coefficient (Wildman–Crippen LogP) is 1.61. The van der Waals surface area contributed by atoms with Crippen LogP contribution in [0.25, 0.3) is 0 Å². The molecule has 1 heterocycles. The first kappa shape index (κ1) is 15.2. The molecule has 2 N–H and O–H groups in total. The van der Waals surface area contributed by atoms with E-state index in [9.17, 15) is 4.79 Å². The van der Waals surface area contributed by atoms with Crippen LogP contribution in [0.4, 0.5) is 5.82 Å². The van der Waals surface area contributed by atoms with E-state index in [1.807, 2.05) is 19.9 Å². The Morgan fingerprint density at radius 1 is 1.63 bits per heavy atom. The largest absolute Gasteiger partial charge is 0.465 e. The van der Waals surface area contributed by atoms with Crippen LogP contribution in [-0.4, -0.2) is 27.8 Å². The normalized spacial score (nSPS) is 11.9. The van der Waals surface area contributed by atoms with Crippen molar-refractivity contribution in [2.24, 2.45) is 5.92 Å². The number of nitriles is 1. The van der Waals surface area contributed by atoms with Crippen molar-refractivity contribution >= 4 is 23.5 Å². The molecule has 1 rings (SSSR count). The number of nitrogen functional groups attached to an aromatic ring is 1. The lowest BCUT2D eigenvalue weighted by molar-refractivity contribution is -0.143. The summed E-state index contributed by atoms with van der Waals surface area (Å²) in [5.41, 5.74) is 5.84. The summed E-state index contributed by atoms with van der Waals surface area (Å²) < 4.78 is 5.01. The minimum absolute atomic E-state index is 0.0736. The summed E-state index contributed by atoms with van der Waals surface area (Å²) in [6.45, 7) is 5.93. The van der Waals surface area contributed by atoms with Gasteiger partial charge in [-0.05, 0) is 12.8 Å². The standard InChI is InChI=1S/C12H16N4O2S/c1-4-18-11(17)9(7(2)3)19-12-15-6-8(5-13)10(14)16-12/h6-7,9H,4H2,1-3H3,(H2,14,15,16)/t9-/m1/s1. The Hall–Kier alpha value is -1.81. The minimum atomic E-state index is -0.396. The minimum Gasteiger partial charge on any atom is -0.465 e. The van der Waals surface area contributed by atoms with Crippen molar-refractivity contribution in [2.45, 2.75) is 31.2 Å². The summed E-state index contributed by atoms with van der Waals surface area (Å²) in [4.78, 5) is 19.8. The monoisotopic (exact) mass is 280 g/mol. The van der Waals surface area contributed by atoms with Gasteiger partial charge in [-0.1, -0.05) is 25.6 Å². The maximum absolute atomic E-state index is 11.8. The molecule has 19 heavy (non-hydrogen) atoms. The average Bonchev–Trinajstić information content (AvgIpc) is 2.36. The van der Waals surface area contributed by atoms with Crippen molar-refractivity contribution in [3.05, 3.63) is 11.8 Å². The quantitative estimate of drug-likeness (QED) is 0.496. The molecule has 0 aliphatic rings. The number of hydrogen-bond acceptors (Lipinski definition) is 7. The topological polar surface area (TPSA) is 102 Å². The zero-order chi connectivity index (χ0) is 14.4. The molecule has 1 atom stereocenters. The molecule has 0 unspecified atom stereocenters. The Morgan fingerprint density at radius 2 is 2.32 bits per heavy atom. The number of ether oxygens (including phenoxy) is 1. The number of carbonyl (C=O) groups is 1. The smallest absolute Gasteiger partial charge is 0.319 e. The third-order valence-corrected chi connectivity index (χ3v) is 3.67.